The number of nitrogens with one attached hydrogen (secondary N) is 1. The van der Waals surface area contributed by atoms with E-state index in [1.54, 1.807) is 43.8 Å². The number of carboxylic acids is 1. The molecule has 3 heterocycles. The number of carbonyl (C=O) groups is 1. The molecule has 0 saturated carbocycles. The molecule has 11 heteroatoms. The number of thiophene rings is 1. The molecule has 1 unspecified atom stereocenters. The number of aliphatic carboxylic acids is 1. The minimum absolute atomic E-state index is 0.131. The van der Waals surface area contributed by atoms with Gasteiger partial charge in [-0.1, -0.05) is 42.5 Å². The quantitative estimate of drug-likeness (QED) is 0.141. The lowest BCUT2D eigenvalue weighted by Gasteiger charge is -2.18. The van der Waals surface area contributed by atoms with Gasteiger partial charge in [0.15, 0.2) is 5.82 Å². The van der Waals surface area contributed by atoms with E-state index >= 15 is 0 Å². The largest absolute Gasteiger partial charge is 0.496 e. The van der Waals surface area contributed by atoms with Gasteiger partial charge in [-0.2, -0.15) is 0 Å². The summed E-state index contributed by atoms with van der Waals surface area (Å²) in [5.41, 5.74) is 2.97. The summed E-state index contributed by atoms with van der Waals surface area (Å²) < 4.78 is 26.8. The third-order valence-electron chi connectivity index (χ3n) is 7.09. The lowest BCUT2D eigenvalue weighted by atomic mass is 10.0. The predicted octanol–water partition coefficient (Wildman–Crippen LogP) is 8.02. The van der Waals surface area contributed by atoms with Crippen molar-refractivity contribution < 1.29 is 23.8 Å². The Labute approximate surface area is 270 Å². The summed E-state index contributed by atoms with van der Waals surface area (Å²) in [4.78, 5) is 26.9. The zero-order valence-electron chi connectivity index (χ0n) is 23.9. The molecule has 6 aromatic rings. The molecular weight excluding hydrogens is 659 g/mol. The van der Waals surface area contributed by atoms with Crippen LogP contribution in [0, 0.1) is 5.82 Å². The van der Waals surface area contributed by atoms with Gasteiger partial charge in [0, 0.05) is 38.3 Å². The number of halogens is 2. The van der Waals surface area contributed by atoms with Gasteiger partial charge in [0.1, 0.15) is 35.8 Å². The number of pyridine rings is 1. The number of para-hydroxylation sites is 2. The number of ether oxygens (including phenoxy) is 2. The number of hydrogen-bond acceptors (Lipinski definition) is 8. The van der Waals surface area contributed by atoms with Gasteiger partial charge >= 0.3 is 5.97 Å². The summed E-state index contributed by atoms with van der Waals surface area (Å²) in [6.07, 6.45) is 3.44. The molecule has 6 rings (SSSR count). The van der Waals surface area contributed by atoms with Crippen molar-refractivity contribution in [2.24, 2.45) is 0 Å². The van der Waals surface area contributed by atoms with Gasteiger partial charge in [-0.05, 0) is 69.5 Å². The first-order valence-electron chi connectivity index (χ1n) is 13.9. The average molecular weight is 686 g/mol. The van der Waals surface area contributed by atoms with Crippen LogP contribution in [0.5, 0.6) is 11.5 Å². The molecule has 226 valence electrons. The zero-order chi connectivity index (χ0) is 31.3. The molecule has 0 aliphatic carbocycles. The second-order valence-electron chi connectivity index (χ2n) is 9.99. The van der Waals surface area contributed by atoms with Crippen LogP contribution < -0.4 is 14.8 Å². The Morgan fingerprint density at radius 1 is 0.978 bits per heavy atom. The molecule has 0 aliphatic heterocycles. The first kappa shape index (κ1) is 30.2. The number of hydrogen-bond donors (Lipinski definition) is 2. The second-order valence-corrected chi connectivity index (χ2v) is 11.8. The van der Waals surface area contributed by atoms with Gasteiger partial charge in [0.05, 0.1) is 18.4 Å². The van der Waals surface area contributed by atoms with Gasteiger partial charge in [-0.25, -0.2) is 24.1 Å². The Bertz CT molecular complexity index is 1990. The average Bonchev–Trinajstić information content (AvgIpc) is 3.41. The van der Waals surface area contributed by atoms with Gasteiger partial charge in [-0.15, -0.1) is 11.3 Å². The fraction of sp³-hybridized carbons (Fsp3) is 0.118. The van der Waals surface area contributed by atoms with Gasteiger partial charge in [0.25, 0.3) is 0 Å². The number of anilines is 1. The number of rotatable bonds is 11. The summed E-state index contributed by atoms with van der Waals surface area (Å²) in [5.74, 6) is 0.804. The van der Waals surface area contributed by atoms with E-state index in [1.165, 1.54) is 23.5 Å². The van der Waals surface area contributed by atoms with E-state index in [2.05, 4.69) is 36.2 Å². The molecule has 3 aromatic heterocycles. The van der Waals surface area contributed by atoms with Crippen molar-refractivity contribution in [2.75, 3.05) is 12.4 Å². The third kappa shape index (κ3) is 6.64. The summed E-state index contributed by atoms with van der Waals surface area (Å²) in [5, 5.41) is 14.1. The molecular formula is C34H26BrFN4O4S. The number of carboxylic acid groups (broad SMARTS) is 1. The van der Waals surface area contributed by atoms with Crippen molar-refractivity contribution in [3.8, 4) is 33.3 Å². The fourth-order valence-corrected chi connectivity index (χ4v) is 6.99. The number of methoxy groups -OCH3 is 1. The molecule has 8 nitrogen and oxygen atoms in total. The van der Waals surface area contributed by atoms with E-state index in [1.807, 2.05) is 48.5 Å². The minimum atomic E-state index is -1.04. The summed E-state index contributed by atoms with van der Waals surface area (Å²) in [7, 11) is 1.60. The lowest BCUT2D eigenvalue weighted by Crippen LogP contribution is -2.32. The monoisotopic (exact) mass is 684 g/mol. The number of nitrogens with zero attached hydrogens (tertiary/aromatic N) is 3. The molecule has 1 atom stereocenters. The minimum Gasteiger partial charge on any atom is -0.496 e. The van der Waals surface area contributed by atoms with Crippen molar-refractivity contribution in [3.05, 3.63) is 119 Å². The first-order chi connectivity index (χ1) is 21.9. The van der Waals surface area contributed by atoms with Crippen LogP contribution in [0.15, 0.2) is 102 Å². The summed E-state index contributed by atoms with van der Waals surface area (Å²) >= 11 is 5.20. The Hall–Kier alpha value is -4.87. The molecule has 0 spiro atoms. The highest BCUT2D eigenvalue weighted by Crippen LogP contribution is 2.44. The van der Waals surface area contributed by atoms with Crippen LogP contribution >= 0.6 is 27.3 Å². The van der Waals surface area contributed by atoms with Crippen LogP contribution in [0.2, 0.25) is 0 Å². The van der Waals surface area contributed by atoms with E-state index < -0.39 is 12.0 Å². The predicted molar refractivity (Wildman–Crippen MR) is 176 cm³/mol. The Morgan fingerprint density at radius 3 is 2.49 bits per heavy atom. The van der Waals surface area contributed by atoms with Crippen LogP contribution in [-0.2, 0) is 17.8 Å². The topological polar surface area (TPSA) is 106 Å². The summed E-state index contributed by atoms with van der Waals surface area (Å²) in [6.45, 7) is 0.154. The van der Waals surface area contributed by atoms with E-state index in [9.17, 15) is 14.3 Å². The Balaban J connectivity index is 1.22. The second kappa shape index (κ2) is 13.4. The Kier molecular flexibility index (Phi) is 8.99. The highest BCUT2D eigenvalue weighted by molar-refractivity contribution is 9.10. The fourth-order valence-electron chi connectivity index (χ4n) is 4.89. The molecule has 0 fully saturated rings. The van der Waals surface area contributed by atoms with Gasteiger partial charge in [-0.3, -0.25) is 0 Å². The van der Waals surface area contributed by atoms with Crippen molar-refractivity contribution in [1.29, 1.82) is 0 Å². The van der Waals surface area contributed by atoms with Crippen LogP contribution in [0.1, 0.15) is 11.3 Å². The highest BCUT2D eigenvalue weighted by Gasteiger charge is 2.24. The van der Waals surface area contributed by atoms with E-state index in [4.69, 9.17) is 9.47 Å². The molecule has 3 aromatic carbocycles. The molecule has 0 amide bonds. The maximum atomic E-state index is 13.5. The zero-order valence-corrected chi connectivity index (χ0v) is 26.3. The SMILES string of the molecule is COc1ccccc1-c1nccc(COc2ccccc2CC(Nc2nccc3sc(-c4ccc(F)cc4)c(Br)c23)C(=O)O)n1. The lowest BCUT2D eigenvalue weighted by molar-refractivity contribution is -0.137. The molecule has 2 N–H and O–H groups in total. The van der Waals surface area contributed by atoms with E-state index in [-0.39, 0.29) is 18.8 Å². The normalized spacial score (nSPS) is 11.7. The molecule has 0 saturated heterocycles. The van der Waals surface area contributed by atoms with Crippen molar-refractivity contribution in [1.82, 2.24) is 15.0 Å². The standard InChI is InChI=1S/C34H26BrFN4O4S/c1-43-27-9-5-3-7-24(27)32-37-16-14-23(39-32)19-44-26-8-4-2-6-21(26)18-25(34(41)42)40-33-29-28(15-17-38-33)45-31(30(29)35)20-10-12-22(36)13-11-20/h2-17,25H,18-19H2,1H3,(H,38,40)(H,41,42). The number of aromatic nitrogens is 3. The van der Waals surface area contributed by atoms with Crippen molar-refractivity contribution in [2.45, 2.75) is 19.1 Å². The number of fused-ring (bicyclic) bond motifs is 1. The Morgan fingerprint density at radius 2 is 1.71 bits per heavy atom. The molecule has 0 radical (unpaired) electrons. The summed E-state index contributed by atoms with van der Waals surface area (Å²) in [6, 6.07) is 23.7. The highest BCUT2D eigenvalue weighted by atomic mass is 79.9. The van der Waals surface area contributed by atoms with Crippen LogP contribution in [-0.4, -0.2) is 39.2 Å². The van der Waals surface area contributed by atoms with Gasteiger partial charge in [0.2, 0.25) is 0 Å². The third-order valence-corrected chi connectivity index (χ3v) is 9.35. The number of benzene rings is 3. The molecule has 0 bridgehead atoms. The van der Waals surface area contributed by atoms with Crippen molar-refractivity contribution in [3.63, 3.8) is 0 Å². The van der Waals surface area contributed by atoms with E-state index in [0.29, 0.717) is 34.4 Å². The van der Waals surface area contributed by atoms with Crippen LogP contribution in [0.3, 0.4) is 0 Å². The maximum Gasteiger partial charge on any atom is 0.326 e. The van der Waals surface area contributed by atoms with Crippen molar-refractivity contribution >= 4 is 49.1 Å². The smallest absolute Gasteiger partial charge is 0.326 e. The van der Waals surface area contributed by atoms with Crippen LogP contribution in [0.4, 0.5) is 10.2 Å². The molecule has 0 aliphatic rings. The van der Waals surface area contributed by atoms with Gasteiger partial charge < -0.3 is 19.9 Å². The van der Waals surface area contributed by atoms with E-state index in [0.717, 1.165) is 30.6 Å². The maximum absolute atomic E-state index is 13.5. The van der Waals surface area contributed by atoms with Crippen LogP contribution in [0.25, 0.3) is 31.9 Å². The first-order valence-corrected chi connectivity index (χ1v) is 15.5. The molecule has 45 heavy (non-hydrogen) atoms.